The summed E-state index contributed by atoms with van der Waals surface area (Å²) in [6, 6.07) is 15.4. The SMILES string of the molecule is Cc1ccc(C(=O)c2c(NC(=O)COC(=O)c3cccc(C#N)c3)sc3c2CCCC3)cc1. The Hall–Kier alpha value is -3.76. The van der Waals surface area contributed by atoms with E-state index >= 15 is 0 Å². The van der Waals surface area contributed by atoms with Crippen LogP contribution in [0.25, 0.3) is 0 Å². The summed E-state index contributed by atoms with van der Waals surface area (Å²) >= 11 is 1.42. The van der Waals surface area contributed by atoms with E-state index in [0.717, 1.165) is 41.7 Å². The molecule has 2 aromatic carbocycles. The molecule has 6 nitrogen and oxygen atoms in total. The molecule has 0 bridgehead atoms. The van der Waals surface area contributed by atoms with Crippen LogP contribution in [0.2, 0.25) is 0 Å². The number of carbonyl (C=O) groups excluding carboxylic acids is 3. The maximum atomic E-state index is 13.3. The first kappa shape index (κ1) is 22.4. The van der Waals surface area contributed by atoms with Crippen molar-refractivity contribution in [2.45, 2.75) is 32.6 Å². The van der Waals surface area contributed by atoms with E-state index < -0.39 is 18.5 Å². The highest BCUT2D eigenvalue weighted by Gasteiger charge is 2.27. The molecule has 7 heteroatoms. The van der Waals surface area contributed by atoms with Crippen LogP contribution >= 0.6 is 11.3 Å². The predicted octanol–water partition coefficient (Wildman–Crippen LogP) is 4.83. The number of nitrogens with one attached hydrogen (secondary N) is 1. The molecule has 3 aromatic rings. The lowest BCUT2D eigenvalue weighted by Crippen LogP contribution is -2.21. The molecule has 1 aliphatic carbocycles. The largest absolute Gasteiger partial charge is 0.452 e. The third-order valence-corrected chi connectivity index (χ3v) is 6.73. The topological polar surface area (TPSA) is 96.3 Å². The van der Waals surface area contributed by atoms with Crippen LogP contribution in [-0.4, -0.2) is 24.3 Å². The van der Waals surface area contributed by atoms with Crippen LogP contribution in [0.5, 0.6) is 0 Å². The van der Waals surface area contributed by atoms with Gasteiger partial charge in [0.1, 0.15) is 5.00 Å². The molecule has 4 rings (SSSR count). The summed E-state index contributed by atoms with van der Waals surface area (Å²) in [6.07, 6.45) is 3.75. The molecule has 0 atom stereocenters. The number of ketones is 1. The third-order valence-electron chi connectivity index (χ3n) is 5.53. The van der Waals surface area contributed by atoms with E-state index in [4.69, 9.17) is 10.00 Å². The standard InChI is InChI=1S/C26H22N2O4S/c1-16-9-11-18(12-10-16)24(30)23-20-7-2-3-8-21(20)33-25(23)28-22(29)15-32-26(31)19-6-4-5-17(13-19)14-27/h4-6,9-13H,2-3,7-8,15H2,1H3,(H,28,29). The van der Waals surface area contributed by atoms with E-state index in [2.05, 4.69) is 5.32 Å². The Balaban J connectivity index is 1.51. The minimum atomic E-state index is -0.691. The molecule has 0 spiro atoms. The number of hydrogen-bond donors (Lipinski definition) is 1. The van der Waals surface area contributed by atoms with E-state index in [9.17, 15) is 14.4 Å². The van der Waals surface area contributed by atoms with Gasteiger partial charge in [-0.2, -0.15) is 5.26 Å². The molecule has 0 unspecified atom stereocenters. The molecule has 33 heavy (non-hydrogen) atoms. The van der Waals surface area contributed by atoms with Gasteiger partial charge in [0, 0.05) is 10.4 Å². The second-order valence-electron chi connectivity index (χ2n) is 7.93. The lowest BCUT2D eigenvalue weighted by Gasteiger charge is -2.13. The van der Waals surface area contributed by atoms with Gasteiger partial charge in [0.2, 0.25) is 0 Å². The van der Waals surface area contributed by atoms with E-state index in [1.165, 1.54) is 23.5 Å². The minimum absolute atomic E-state index is 0.116. The van der Waals surface area contributed by atoms with Crippen LogP contribution in [0, 0.1) is 18.3 Å². The number of anilines is 1. The van der Waals surface area contributed by atoms with Crippen molar-refractivity contribution in [3.8, 4) is 6.07 Å². The number of thiophene rings is 1. The number of carbonyl (C=O) groups is 3. The highest BCUT2D eigenvalue weighted by atomic mass is 32.1. The highest BCUT2D eigenvalue weighted by molar-refractivity contribution is 7.17. The predicted molar refractivity (Wildman–Crippen MR) is 126 cm³/mol. The fourth-order valence-corrected chi connectivity index (χ4v) is 5.14. The Kier molecular flexibility index (Phi) is 6.66. The summed E-state index contributed by atoms with van der Waals surface area (Å²) in [5.41, 5.74) is 3.72. The quantitative estimate of drug-likeness (QED) is 0.421. The lowest BCUT2D eigenvalue weighted by molar-refractivity contribution is -0.119. The first-order chi connectivity index (χ1) is 16.0. The first-order valence-electron chi connectivity index (χ1n) is 10.7. The normalized spacial score (nSPS) is 12.4. The summed E-state index contributed by atoms with van der Waals surface area (Å²) in [7, 11) is 0. The number of nitrogens with zero attached hydrogens (tertiary/aromatic N) is 1. The second-order valence-corrected chi connectivity index (χ2v) is 9.03. The number of fused-ring (bicyclic) bond motifs is 1. The summed E-state index contributed by atoms with van der Waals surface area (Å²) in [5, 5.41) is 12.3. The zero-order valence-corrected chi connectivity index (χ0v) is 19.0. The summed E-state index contributed by atoms with van der Waals surface area (Å²) in [5.74, 6) is -1.32. The first-order valence-corrected chi connectivity index (χ1v) is 11.5. The molecule has 1 aliphatic rings. The molecule has 1 aromatic heterocycles. The van der Waals surface area contributed by atoms with Gasteiger partial charge in [-0.15, -0.1) is 11.3 Å². The Labute approximate surface area is 195 Å². The van der Waals surface area contributed by atoms with Crippen molar-refractivity contribution in [2.24, 2.45) is 0 Å². The van der Waals surface area contributed by atoms with Crippen molar-refractivity contribution >= 4 is 34.0 Å². The molecule has 1 N–H and O–H groups in total. The van der Waals surface area contributed by atoms with Crippen LogP contribution in [0.1, 0.15) is 60.7 Å². The fourth-order valence-electron chi connectivity index (χ4n) is 3.84. The molecule has 1 heterocycles. The number of nitriles is 1. The van der Waals surface area contributed by atoms with Gasteiger partial charge < -0.3 is 10.1 Å². The van der Waals surface area contributed by atoms with E-state index in [-0.39, 0.29) is 11.3 Å². The zero-order valence-electron chi connectivity index (χ0n) is 18.1. The van der Waals surface area contributed by atoms with Gasteiger partial charge in [-0.25, -0.2) is 4.79 Å². The average molecular weight is 459 g/mol. The zero-order chi connectivity index (χ0) is 23.4. The lowest BCUT2D eigenvalue weighted by atomic mass is 9.91. The van der Waals surface area contributed by atoms with Gasteiger partial charge >= 0.3 is 5.97 Å². The summed E-state index contributed by atoms with van der Waals surface area (Å²) < 4.78 is 5.12. The highest BCUT2D eigenvalue weighted by Crippen LogP contribution is 2.39. The van der Waals surface area contributed by atoms with Crippen molar-refractivity contribution in [2.75, 3.05) is 11.9 Å². The van der Waals surface area contributed by atoms with Crippen LogP contribution in [0.15, 0.2) is 48.5 Å². The second kappa shape index (κ2) is 9.80. The molecular formula is C26H22N2O4S. The van der Waals surface area contributed by atoms with Crippen molar-refractivity contribution < 1.29 is 19.1 Å². The number of ether oxygens (including phenoxy) is 1. The number of hydrogen-bond acceptors (Lipinski definition) is 6. The Bertz CT molecular complexity index is 1270. The Morgan fingerprint density at radius 2 is 1.82 bits per heavy atom. The van der Waals surface area contributed by atoms with Crippen molar-refractivity contribution in [1.82, 2.24) is 0 Å². The van der Waals surface area contributed by atoms with E-state index in [0.29, 0.717) is 21.7 Å². The van der Waals surface area contributed by atoms with Crippen molar-refractivity contribution in [1.29, 1.82) is 5.26 Å². The number of aryl methyl sites for hydroxylation is 2. The van der Waals surface area contributed by atoms with Gasteiger partial charge in [0.25, 0.3) is 5.91 Å². The molecular weight excluding hydrogens is 436 g/mol. The number of rotatable bonds is 6. The maximum Gasteiger partial charge on any atom is 0.338 e. The minimum Gasteiger partial charge on any atom is -0.452 e. The monoisotopic (exact) mass is 458 g/mol. The van der Waals surface area contributed by atoms with Crippen LogP contribution in [-0.2, 0) is 22.4 Å². The summed E-state index contributed by atoms with van der Waals surface area (Å²) in [4.78, 5) is 39.3. The molecule has 0 fully saturated rings. The van der Waals surface area contributed by atoms with Crippen molar-refractivity contribution in [3.63, 3.8) is 0 Å². The fraction of sp³-hybridized carbons (Fsp3) is 0.231. The van der Waals surface area contributed by atoms with Crippen LogP contribution in [0.3, 0.4) is 0 Å². The van der Waals surface area contributed by atoms with Crippen molar-refractivity contribution in [3.05, 3.63) is 86.8 Å². The number of esters is 1. The number of benzene rings is 2. The molecule has 166 valence electrons. The molecule has 0 aliphatic heterocycles. The van der Waals surface area contributed by atoms with Gasteiger partial charge in [-0.05, 0) is 56.4 Å². The van der Waals surface area contributed by atoms with E-state index in [1.54, 1.807) is 24.3 Å². The molecule has 0 radical (unpaired) electrons. The average Bonchev–Trinajstić information content (AvgIpc) is 3.20. The van der Waals surface area contributed by atoms with Gasteiger partial charge in [0.15, 0.2) is 12.4 Å². The molecule has 1 amide bonds. The summed E-state index contributed by atoms with van der Waals surface area (Å²) in [6.45, 7) is 1.47. The Morgan fingerprint density at radius 1 is 1.06 bits per heavy atom. The smallest absolute Gasteiger partial charge is 0.338 e. The number of amides is 1. The van der Waals surface area contributed by atoms with Crippen LogP contribution in [0.4, 0.5) is 5.00 Å². The van der Waals surface area contributed by atoms with Crippen LogP contribution < -0.4 is 5.32 Å². The molecule has 0 saturated heterocycles. The third kappa shape index (κ3) is 5.02. The van der Waals surface area contributed by atoms with Gasteiger partial charge in [-0.1, -0.05) is 35.9 Å². The maximum absolute atomic E-state index is 13.3. The van der Waals surface area contributed by atoms with Gasteiger partial charge in [-0.3, -0.25) is 9.59 Å². The van der Waals surface area contributed by atoms with Gasteiger partial charge in [0.05, 0.1) is 22.8 Å². The molecule has 0 saturated carbocycles. The van der Waals surface area contributed by atoms with E-state index in [1.807, 2.05) is 25.1 Å². The Morgan fingerprint density at radius 3 is 2.58 bits per heavy atom.